The molecule has 4 rings (SSSR count). The normalized spacial score (nSPS) is 14.8. The molecule has 0 aliphatic heterocycles. The quantitative estimate of drug-likeness (QED) is 0.271. The summed E-state index contributed by atoms with van der Waals surface area (Å²) in [5.74, 6) is -0.234. The van der Waals surface area contributed by atoms with Crippen LogP contribution in [0.25, 0.3) is 0 Å². The zero-order chi connectivity index (χ0) is 26.4. The number of nitrogens with two attached hydrogens (primary N) is 1. The molecule has 1 saturated carbocycles. The van der Waals surface area contributed by atoms with Gasteiger partial charge in [0.25, 0.3) is 0 Å². The molecular formula is C27H26Cl2F2N2O4. The molecule has 2 unspecified atom stereocenters. The smallest absolute Gasteiger partial charge is 0.387 e. The minimum atomic E-state index is -3.02. The first-order chi connectivity index (χ1) is 17.8. The van der Waals surface area contributed by atoms with E-state index >= 15 is 0 Å². The predicted octanol–water partition coefficient (Wildman–Crippen LogP) is 6.18. The van der Waals surface area contributed by atoms with Gasteiger partial charge in [-0.1, -0.05) is 59.6 Å². The summed E-state index contributed by atoms with van der Waals surface area (Å²) in [6, 6.07) is 12.8. The van der Waals surface area contributed by atoms with E-state index in [0.29, 0.717) is 33.7 Å². The van der Waals surface area contributed by atoms with Crippen LogP contribution in [-0.4, -0.2) is 30.2 Å². The average molecular weight is 551 g/mol. The zero-order valence-electron chi connectivity index (χ0n) is 19.8. The third-order valence-corrected chi connectivity index (χ3v) is 6.58. The maximum absolute atomic E-state index is 13.0. The van der Waals surface area contributed by atoms with Gasteiger partial charge in [-0.3, -0.25) is 9.78 Å². The first kappa shape index (κ1) is 27.1. The molecule has 1 heterocycles. The summed E-state index contributed by atoms with van der Waals surface area (Å²) in [4.78, 5) is 17.0. The van der Waals surface area contributed by atoms with Crippen molar-refractivity contribution in [3.63, 3.8) is 0 Å². The van der Waals surface area contributed by atoms with Gasteiger partial charge in [0.05, 0.1) is 16.7 Å². The van der Waals surface area contributed by atoms with Gasteiger partial charge in [-0.15, -0.1) is 0 Å². The topological polar surface area (TPSA) is 83.7 Å². The summed E-state index contributed by atoms with van der Waals surface area (Å²) in [6.45, 7) is -2.65. The third kappa shape index (κ3) is 7.77. The van der Waals surface area contributed by atoms with E-state index in [2.05, 4.69) is 9.72 Å². The van der Waals surface area contributed by atoms with E-state index in [1.54, 1.807) is 0 Å². The number of nitrogens with zero attached hydrogens (tertiary/aromatic N) is 1. The monoisotopic (exact) mass is 550 g/mol. The van der Waals surface area contributed by atoms with Crippen molar-refractivity contribution in [3.05, 3.63) is 87.7 Å². The van der Waals surface area contributed by atoms with Crippen molar-refractivity contribution in [2.75, 3.05) is 6.61 Å². The van der Waals surface area contributed by atoms with Gasteiger partial charge in [0.15, 0.2) is 11.5 Å². The molecule has 2 N–H and O–H groups in total. The van der Waals surface area contributed by atoms with Gasteiger partial charge in [0, 0.05) is 18.8 Å². The van der Waals surface area contributed by atoms with Crippen molar-refractivity contribution in [3.8, 4) is 11.5 Å². The Hall–Kier alpha value is -2.94. The van der Waals surface area contributed by atoms with E-state index < -0.39 is 24.7 Å². The Bertz CT molecular complexity index is 1190. The number of benzene rings is 2. The van der Waals surface area contributed by atoms with Crippen LogP contribution in [0.15, 0.2) is 60.9 Å². The van der Waals surface area contributed by atoms with Crippen molar-refractivity contribution in [2.45, 2.75) is 44.4 Å². The molecule has 0 saturated heterocycles. The molecule has 196 valence electrons. The molecule has 37 heavy (non-hydrogen) atoms. The Morgan fingerprint density at radius 3 is 2.38 bits per heavy atom. The molecule has 1 aromatic heterocycles. The third-order valence-electron chi connectivity index (χ3n) is 5.93. The zero-order valence-corrected chi connectivity index (χ0v) is 21.3. The van der Waals surface area contributed by atoms with Gasteiger partial charge in [-0.25, -0.2) is 0 Å². The van der Waals surface area contributed by atoms with Crippen LogP contribution < -0.4 is 15.2 Å². The number of carbonyl (C=O) groups is 1. The highest BCUT2D eigenvalue weighted by atomic mass is 35.5. The summed E-state index contributed by atoms with van der Waals surface area (Å²) in [5, 5.41) is 0.593. The van der Waals surface area contributed by atoms with E-state index in [-0.39, 0.29) is 24.3 Å². The molecular weight excluding hydrogens is 525 g/mol. The molecule has 10 heteroatoms. The van der Waals surface area contributed by atoms with Gasteiger partial charge < -0.3 is 19.9 Å². The maximum Gasteiger partial charge on any atom is 0.387 e. The fourth-order valence-electron chi connectivity index (χ4n) is 3.75. The lowest BCUT2D eigenvalue weighted by Gasteiger charge is -2.23. The van der Waals surface area contributed by atoms with Gasteiger partial charge >= 0.3 is 12.6 Å². The number of ether oxygens (including phenoxy) is 3. The summed E-state index contributed by atoms with van der Waals surface area (Å²) in [5.41, 5.74) is 8.04. The van der Waals surface area contributed by atoms with Crippen molar-refractivity contribution in [1.82, 2.24) is 4.98 Å². The number of hydrogen-bond donors (Lipinski definition) is 1. The molecule has 0 spiro atoms. The number of esters is 1. The van der Waals surface area contributed by atoms with Crippen LogP contribution in [0.3, 0.4) is 0 Å². The standard InChI is InChI=1S/C27H26Cl2F2N2O4/c28-20-13-33-14-21(29)19(20)12-24(36-26(34)22(32)10-16-4-2-1-3-5-16)18-8-9-23(37-27(30)31)25(11-18)35-15-17-6-7-17/h1-5,8-9,11,13-14,17,22,24,27H,6-7,10,12,15,32H2. The highest BCUT2D eigenvalue weighted by molar-refractivity contribution is 6.35. The fourth-order valence-corrected chi connectivity index (χ4v) is 4.27. The number of aromatic nitrogens is 1. The first-order valence-electron chi connectivity index (χ1n) is 11.8. The van der Waals surface area contributed by atoms with E-state index in [1.807, 2.05) is 30.3 Å². The summed E-state index contributed by atoms with van der Waals surface area (Å²) < 4.78 is 42.3. The molecule has 0 radical (unpaired) electrons. The number of pyridine rings is 1. The number of halogens is 4. The molecule has 0 bridgehead atoms. The maximum atomic E-state index is 13.0. The Morgan fingerprint density at radius 1 is 1.03 bits per heavy atom. The summed E-state index contributed by atoms with van der Waals surface area (Å²) in [6.07, 6.45) is 4.39. The van der Waals surface area contributed by atoms with Gasteiger partial charge in [0.2, 0.25) is 0 Å². The average Bonchev–Trinajstić information content (AvgIpc) is 3.70. The van der Waals surface area contributed by atoms with E-state index in [4.69, 9.17) is 38.4 Å². The van der Waals surface area contributed by atoms with Crippen molar-refractivity contribution >= 4 is 29.2 Å². The Kier molecular flexibility index (Phi) is 9.18. The fraction of sp³-hybridized carbons (Fsp3) is 0.333. The number of hydrogen-bond acceptors (Lipinski definition) is 6. The number of rotatable bonds is 12. The predicted molar refractivity (Wildman–Crippen MR) is 136 cm³/mol. The van der Waals surface area contributed by atoms with Crippen LogP contribution in [-0.2, 0) is 22.4 Å². The second-order valence-corrected chi connectivity index (χ2v) is 9.66. The van der Waals surface area contributed by atoms with Crippen LogP contribution in [0.2, 0.25) is 10.0 Å². The van der Waals surface area contributed by atoms with Crippen molar-refractivity contribution in [1.29, 1.82) is 0 Å². The first-order valence-corrected chi connectivity index (χ1v) is 12.5. The van der Waals surface area contributed by atoms with Gasteiger partial charge in [-0.05, 0) is 54.0 Å². The molecule has 1 aliphatic carbocycles. The van der Waals surface area contributed by atoms with Crippen molar-refractivity contribution < 1.29 is 27.8 Å². The van der Waals surface area contributed by atoms with E-state index in [0.717, 1.165) is 18.4 Å². The van der Waals surface area contributed by atoms with E-state index in [9.17, 15) is 13.6 Å². The van der Waals surface area contributed by atoms with Crippen LogP contribution in [0.1, 0.15) is 35.6 Å². The highest BCUT2D eigenvalue weighted by Gasteiger charge is 2.27. The lowest BCUT2D eigenvalue weighted by Crippen LogP contribution is -2.35. The van der Waals surface area contributed by atoms with Crippen LogP contribution >= 0.6 is 23.2 Å². The molecule has 3 aromatic rings. The summed E-state index contributed by atoms with van der Waals surface area (Å²) in [7, 11) is 0. The van der Waals surface area contributed by atoms with Gasteiger partial charge in [-0.2, -0.15) is 8.78 Å². The largest absolute Gasteiger partial charge is 0.489 e. The van der Waals surface area contributed by atoms with Crippen LogP contribution in [0.5, 0.6) is 11.5 Å². The number of alkyl halides is 2. The lowest BCUT2D eigenvalue weighted by molar-refractivity contribution is -0.151. The van der Waals surface area contributed by atoms with Crippen LogP contribution in [0, 0.1) is 5.92 Å². The Morgan fingerprint density at radius 2 is 1.73 bits per heavy atom. The minimum absolute atomic E-state index is 0.0983. The second kappa shape index (κ2) is 12.5. The molecule has 2 atom stereocenters. The lowest BCUT2D eigenvalue weighted by atomic mass is 10.0. The minimum Gasteiger partial charge on any atom is -0.489 e. The summed E-state index contributed by atoms with van der Waals surface area (Å²) >= 11 is 12.7. The van der Waals surface area contributed by atoms with Crippen molar-refractivity contribution in [2.24, 2.45) is 11.7 Å². The van der Waals surface area contributed by atoms with Gasteiger partial charge in [0.1, 0.15) is 12.1 Å². The Balaban J connectivity index is 1.61. The molecule has 6 nitrogen and oxygen atoms in total. The molecule has 0 amide bonds. The molecule has 1 fully saturated rings. The SMILES string of the molecule is NC(Cc1ccccc1)C(=O)OC(Cc1c(Cl)cncc1Cl)c1ccc(OC(F)F)c(OCC2CC2)c1. The van der Waals surface area contributed by atoms with E-state index in [1.165, 1.54) is 30.6 Å². The highest BCUT2D eigenvalue weighted by Crippen LogP contribution is 2.38. The molecule has 2 aromatic carbocycles. The van der Waals surface area contributed by atoms with Crippen LogP contribution in [0.4, 0.5) is 8.78 Å². The number of carbonyl (C=O) groups excluding carboxylic acids is 1. The second-order valence-electron chi connectivity index (χ2n) is 8.85. The Labute approximate surface area is 223 Å². The molecule has 1 aliphatic rings.